The third-order valence-corrected chi connectivity index (χ3v) is 4.72. The van der Waals surface area contributed by atoms with Gasteiger partial charge in [-0.1, -0.05) is 95.0 Å². The summed E-state index contributed by atoms with van der Waals surface area (Å²) in [5.74, 6) is 0. The molecular formula is C21H32N2O. The molecule has 0 saturated heterocycles. The highest BCUT2D eigenvalue weighted by Gasteiger charge is 2.10. The molecule has 0 aliphatic heterocycles. The van der Waals surface area contributed by atoms with Crippen LogP contribution in [0.2, 0.25) is 0 Å². The Bertz CT molecular complexity index is 612. The molecule has 0 unspecified atom stereocenters. The minimum absolute atomic E-state index is 0.0322. The van der Waals surface area contributed by atoms with Crippen molar-refractivity contribution < 1.29 is 0 Å². The number of hydrogen-bond acceptors (Lipinski definition) is 1. The summed E-state index contributed by atoms with van der Waals surface area (Å²) in [5, 5.41) is 5.78. The lowest BCUT2D eigenvalue weighted by molar-refractivity contribution is 0.556. The van der Waals surface area contributed by atoms with Crippen molar-refractivity contribution in [1.29, 1.82) is 0 Å². The zero-order valence-electron chi connectivity index (χ0n) is 15.1. The Balaban J connectivity index is 1.67. The number of hydrogen-bond donors (Lipinski definition) is 2. The van der Waals surface area contributed by atoms with Crippen LogP contribution in [-0.2, 0) is 6.42 Å². The van der Waals surface area contributed by atoms with Gasteiger partial charge in [0.2, 0.25) is 0 Å². The van der Waals surface area contributed by atoms with Gasteiger partial charge in [0.1, 0.15) is 0 Å². The highest BCUT2D eigenvalue weighted by Crippen LogP contribution is 2.20. The molecule has 0 bridgehead atoms. The summed E-state index contributed by atoms with van der Waals surface area (Å²) in [6.45, 7) is 2.26. The predicted molar refractivity (Wildman–Crippen MR) is 102 cm³/mol. The van der Waals surface area contributed by atoms with Crippen LogP contribution in [0.4, 0.5) is 0 Å². The summed E-state index contributed by atoms with van der Waals surface area (Å²) >= 11 is 0. The molecule has 0 atom stereocenters. The van der Waals surface area contributed by atoms with Gasteiger partial charge in [-0.2, -0.15) is 0 Å². The Morgan fingerprint density at radius 1 is 0.750 bits per heavy atom. The van der Waals surface area contributed by atoms with Crippen molar-refractivity contribution in [3.63, 3.8) is 0 Å². The molecule has 0 aliphatic carbocycles. The molecule has 2 aromatic rings. The Morgan fingerprint density at radius 3 is 1.96 bits per heavy atom. The van der Waals surface area contributed by atoms with Gasteiger partial charge in [0.25, 0.3) is 5.56 Å². The maximum atomic E-state index is 12.0. The van der Waals surface area contributed by atoms with Crippen LogP contribution in [0.25, 0.3) is 11.3 Å². The zero-order valence-corrected chi connectivity index (χ0v) is 15.1. The average Bonchev–Trinajstić information content (AvgIpc) is 2.98. The number of unbranched alkanes of at least 4 members (excludes halogenated alkanes) is 9. The number of benzene rings is 1. The molecule has 0 spiro atoms. The minimum Gasteiger partial charge on any atom is -0.297 e. The van der Waals surface area contributed by atoms with Gasteiger partial charge in [0, 0.05) is 5.56 Å². The molecule has 3 nitrogen and oxygen atoms in total. The molecule has 132 valence electrons. The van der Waals surface area contributed by atoms with Crippen molar-refractivity contribution in [2.24, 2.45) is 0 Å². The van der Waals surface area contributed by atoms with Gasteiger partial charge < -0.3 is 0 Å². The van der Waals surface area contributed by atoms with Gasteiger partial charge in [0.05, 0.1) is 5.69 Å². The number of aromatic amines is 2. The van der Waals surface area contributed by atoms with E-state index in [-0.39, 0.29) is 5.56 Å². The lowest BCUT2D eigenvalue weighted by Crippen LogP contribution is -2.06. The molecule has 1 aromatic heterocycles. The second-order valence-corrected chi connectivity index (χ2v) is 6.73. The Morgan fingerprint density at radius 2 is 1.33 bits per heavy atom. The van der Waals surface area contributed by atoms with Crippen LogP contribution in [0.15, 0.2) is 35.1 Å². The van der Waals surface area contributed by atoms with Crippen LogP contribution in [-0.4, -0.2) is 10.2 Å². The number of rotatable bonds is 12. The molecule has 2 N–H and O–H groups in total. The molecular weight excluding hydrogens is 296 g/mol. The van der Waals surface area contributed by atoms with Crippen molar-refractivity contribution >= 4 is 0 Å². The van der Waals surface area contributed by atoms with E-state index in [1.54, 1.807) is 0 Å². The maximum absolute atomic E-state index is 12.0. The van der Waals surface area contributed by atoms with Crippen LogP contribution >= 0.6 is 0 Å². The van der Waals surface area contributed by atoms with E-state index in [0.29, 0.717) is 0 Å². The maximum Gasteiger partial charge on any atom is 0.267 e. The van der Waals surface area contributed by atoms with Gasteiger partial charge in [-0.15, -0.1) is 0 Å². The van der Waals surface area contributed by atoms with Crippen LogP contribution in [0.1, 0.15) is 76.7 Å². The first kappa shape index (κ1) is 18.6. The lowest BCUT2D eigenvalue weighted by Gasteiger charge is -2.04. The largest absolute Gasteiger partial charge is 0.297 e. The van der Waals surface area contributed by atoms with Gasteiger partial charge >= 0.3 is 0 Å². The molecule has 1 heterocycles. The fourth-order valence-electron chi connectivity index (χ4n) is 3.26. The van der Waals surface area contributed by atoms with E-state index in [2.05, 4.69) is 17.1 Å². The topological polar surface area (TPSA) is 48.6 Å². The Kier molecular flexibility index (Phi) is 8.43. The SMILES string of the molecule is CCCCCCCCCCCCc1c(-c2ccccc2)[nH][nH]c1=O. The predicted octanol–water partition coefficient (Wildman–Crippen LogP) is 5.83. The fraction of sp³-hybridized carbons (Fsp3) is 0.571. The third-order valence-electron chi connectivity index (χ3n) is 4.72. The summed E-state index contributed by atoms with van der Waals surface area (Å²) in [6, 6.07) is 10.1. The molecule has 0 fully saturated rings. The van der Waals surface area contributed by atoms with E-state index in [4.69, 9.17) is 0 Å². The summed E-state index contributed by atoms with van der Waals surface area (Å²) in [6.07, 6.45) is 14.0. The molecule has 0 amide bonds. The van der Waals surface area contributed by atoms with Crippen molar-refractivity contribution in [3.05, 3.63) is 46.2 Å². The van der Waals surface area contributed by atoms with Crippen molar-refractivity contribution in [3.8, 4) is 11.3 Å². The first-order valence-electron chi connectivity index (χ1n) is 9.68. The van der Waals surface area contributed by atoms with E-state index in [1.165, 1.54) is 57.8 Å². The number of aromatic nitrogens is 2. The summed E-state index contributed by atoms with van der Waals surface area (Å²) in [7, 11) is 0. The molecule has 0 saturated carbocycles. The second-order valence-electron chi connectivity index (χ2n) is 6.73. The van der Waals surface area contributed by atoms with E-state index in [0.717, 1.165) is 29.7 Å². The lowest BCUT2D eigenvalue weighted by atomic mass is 10.0. The molecule has 24 heavy (non-hydrogen) atoms. The summed E-state index contributed by atoms with van der Waals surface area (Å²) in [4.78, 5) is 12.0. The van der Waals surface area contributed by atoms with Gasteiger partial charge in [-0.05, 0) is 18.4 Å². The van der Waals surface area contributed by atoms with Crippen LogP contribution < -0.4 is 5.56 Å². The standard InChI is InChI=1S/C21H32N2O/c1-2-3-4-5-6-7-8-9-10-14-17-19-20(22-23-21(19)24)18-15-12-11-13-16-18/h11-13,15-16H,2-10,14,17H2,1H3,(H2,22,23,24). The second kappa shape index (κ2) is 10.9. The van der Waals surface area contributed by atoms with Crippen LogP contribution in [0, 0.1) is 0 Å². The molecule has 1 aromatic carbocycles. The quantitative estimate of drug-likeness (QED) is 0.473. The Labute approximate surface area is 145 Å². The van der Waals surface area contributed by atoms with Gasteiger partial charge in [-0.25, -0.2) is 0 Å². The summed E-state index contributed by atoms with van der Waals surface area (Å²) in [5.41, 5.74) is 2.97. The van der Waals surface area contributed by atoms with Crippen molar-refractivity contribution in [2.75, 3.05) is 0 Å². The fourth-order valence-corrected chi connectivity index (χ4v) is 3.26. The van der Waals surface area contributed by atoms with Gasteiger partial charge in [-0.3, -0.25) is 15.0 Å². The third kappa shape index (κ3) is 6.03. The highest BCUT2D eigenvalue weighted by molar-refractivity contribution is 5.62. The van der Waals surface area contributed by atoms with Crippen LogP contribution in [0.3, 0.4) is 0 Å². The molecule has 0 aliphatic rings. The average molecular weight is 328 g/mol. The van der Waals surface area contributed by atoms with E-state index < -0.39 is 0 Å². The van der Waals surface area contributed by atoms with E-state index >= 15 is 0 Å². The summed E-state index contributed by atoms with van der Waals surface area (Å²) < 4.78 is 0. The molecule has 3 heteroatoms. The number of H-pyrrole nitrogens is 2. The monoisotopic (exact) mass is 328 g/mol. The van der Waals surface area contributed by atoms with Crippen LogP contribution in [0.5, 0.6) is 0 Å². The van der Waals surface area contributed by atoms with E-state index in [9.17, 15) is 4.79 Å². The Hall–Kier alpha value is -1.77. The first-order chi connectivity index (χ1) is 11.8. The van der Waals surface area contributed by atoms with Crippen molar-refractivity contribution in [1.82, 2.24) is 10.2 Å². The molecule has 0 radical (unpaired) electrons. The normalized spacial score (nSPS) is 11.0. The minimum atomic E-state index is 0.0322. The van der Waals surface area contributed by atoms with Crippen molar-refractivity contribution in [2.45, 2.75) is 77.6 Å². The molecule has 2 rings (SSSR count). The highest BCUT2D eigenvalue weighted by atomic mass is 16.1. The van der Waals surface area contributed by atoms with Gasteiger partial charge in [0.15, 0.2) is 0 Å². The first-order valence-corrected chi connectivity index (χ1v) is 9.68. The smallest absolute Gasteiger partial charge is 0.267 e. The number of nitrogens with one attached hydrogen (secondary N) is 2. The zero-order chi connectivity index (χ0) is 17.0. The van der Waals surface area contributed by atoms with E-state index in [1.807, 2.05) is 30.3 Å².